The summed E-state index contributed by atoms with van der Waals surface area (Å²) >= 11 is 0. The van der Waals surface area contributed by atoms with Gasteiger partial charge in [0, 0.05) is 0 Å². The van der Waals surface area contributed by atoms with E-state index >= 15 is 0 Å². The molecule has 0 saturated heterocycles. The molecular weight excluding hydrogens is 146 g/mol. The number of aliphatic hydroxyl groups is 1. The summed E-state index contributed by atoms with van der Waals surface area (Å²) in [4.78, 5) is 23.7. The largest absolute Gasteiger partial charge is 0.394 e. The van der Waals surface area contributed by atoms with Gasteiger partial charge in [0.2, 0.25) is 6.08 Å². The summed E-state index contributed by atoms with van der Waals surface area (Å²) in [6, 6.07) is -1.02. The molecular formula is C7H9NO3. The molecule has 0 fully saturated rings. The number of hydrogen-bond donors (Lipinski definition) is 1. The first kappa shape index (κ1) is 9.75. The van der Waals surface area contributed by atoms with E-state index in [0.717, 1.165) is 0 Å². The van der Waals surface area contributed by atoms with Crippen LogP contribution in [0.15, 0.2) is 17.1 Å². The molecule has 0 aliphatic rings. The highest BCUT2D eigenvalue weighted by Gasteiger charge is 2.15. The Bertz CT molecular complexity index is 216. The van der Waals surface area contributed by atoms with Crippen LogP contribution in [0.2, 0.25) is 0 Å². The van der Waals surface area contributed by atoms with Gasteiger partial charge in [0.05, 0.1) is 6.61 Å². The third-order valence-corrected chi connectivity index (χ3v) is 1.10. The number of rotatable bonds is 4. The first-order chi connectivity index (χ1) is 5.13. The fraction of sp³-hybridized carbons (Fsp3) is 0.429. The molecule has 0 aromatic rings. The van der Waals surface area contributed by atoms with E-state index in [4.69, 9.17) is 5.11 Å². The highest BCUT2D eigenvalue weighted by Crippen LogP contribution is 1.99. The summed E-state index contributed by atoms with van der Waals surface area (Å²) in [5.41, 5.74) is 0.267. The second kappa shape index (κ2) is 4.55. The monoisotopic (exact) mass is 155 g/mol. The van der Waals surface area contributed by atoms with Gasteiger partial charge < -0.3 is 5.11 Å². The molecule has 1 unspecified atom stereocenters. The van der Waals surface area contributed by atoms with Crippen molar-refractivity contribution in [3.8, 4) is 0 Å². The number of hydrogen-bond acceptors (Lipinski definition) is 4. The number of aliphatic imine (C=N–C) groups is 1. The smallest absolute Gasteiger partial charge is 0.235 e. The van der Waals surface area contributed by atoms with Crippen molar-refractivity contribution < 1.29 is 14.7 Å². The molecule has 11 heavy (non-hydrogen) atoms. The zero-order chi connectivity index (χ0) is 8.85. The van der Waals surface area contributed by atoms with E-state index < -0.39 is 18.4 Å². The van der Waals surface area contributed by atoms with Crippen LogP contribution in [-0.2, 0) is 9.59 Å². The standard InChI is InChI=1S/C7H9NO3/c1-5(2)7(11)6(3-9)8-4-10/h6,9H,1,3H2,2H3. The van der Waals surface area contributed by atoms with Crippen LogP contribution in [0.3, 0.4) is 0 Å². The van der Waals surface area contributed by atoms with Gasteiger partial charge in [-0.1, -0.05) is 6.58 Å². The van der Waals surface area contributed by atoms with Crippen LogP contribution in [0.5, 0.6) is 0 Å². The number of carbonyl (C=O) groups is 1. The molecule has 1 N–H and O–H groups in total. The van der Waals surface area contributed by atoms with Gasteiger partial charge in [0.15, 0.2) is 5.78 Å². The second-order valence-electron chi connectivity index (χ2n) is 2.06. The van der Waals surface area contributed by atoms with Crippen LogP contribution in [0.25, 0.3) is 0 Å². The van der Waals surface area contributed by atoms with Gasteiger partial charge >= 0.3 is 0 Å². The lowest BCUT2D eigenvalue weighted by molar-refractivity contribution is -0.117. The van der Waals surface area contributed by atoms with Gasteiger partial charge in [-0.2, -0.15) is 4.99 Å². The Balaban J connectivity index is 4.38. The van der Waals surface area contributed by atoms with E-state index in [0.29, 0.717) is 0 Å². The van der Waals surface area contributed by atoms with Crippen molar-refractivity contribution in [1.82, 2.24) is 0 Å². The lowest BCUT2D eigenvalue weighted by atomic mass is 10.1. The topological polar surface area (TPSA) is 66.7 Å². The zero-order valence-corrected chi connectivity index (χ0v) is 6.20. The molecule has 0 rings (SSSR count). The summed E-state index contributed by atoms with van der Waals surface area (Å²) in [6.45, 7) is 4.36. The van der Waals surface area contributed by atoms with Gasteiger partial charge in [0.1, 0.15) is 6.04 Å². The Morgan fingerprint density at radius 2 is 2.36 bits per heavy atom. The molecule has 4 heteroatoms. The lowest BCUT2D eigenvalue weighted by Crippen LogP contribution is -2.22. The van der Waals surface area contributed by atoms with Crippen LogP contribution >= 0.6 is 0 Å². The van der Waals surface area contributed by atoms with Crippen LogP contribution in [0, 0.1) is 0 Å². The van der Waals surface area contributed by atoms with Crippen molar-refractivity contribution >= 4 is 11.9 Å². The number of aliphatic hydroxyl groups excluding tert-OH is 1. The summed E-state index contributed by atoms with van der Waals surface area (Å²) in [7, 11) is 0. The predicted octanol–water partition coefficient (Wildman–Crippen LogP) is -0.172. The van der Waals surface area contributed by atoms with E-state index in [2.05, 4.69) is 11.6 Å². The zero-order valence-electron chi connectivity index (χ0n) is 6.20. The molecule has 0 aliphatic heterocycles. The molecule has 0 bridgehead atoms. The molecule has 1 atom stereocenters. The predicted molar refractivity (Wildman–Crippen MR) is 38.8 cm³/mol. The minimum Gasteiger partial charge on any atom is -0.394 e. The van der Waals surface area contributed by atoms with E-state index in [1.807, 2.05) is 0 Å². The van der Waals surface area contributed by atoms with Gasteiger partial charge in [-0.05, 0) is 12.5 Å². The minimum absolute atomic E-state index is 0.267. The first-order valence-electron chi connectivity index (χ1n) is 3.01. The first-order valence-corrected chi connectivity index (χ1v) is 3.01. The third kappa shape index (κ3) is 2.89. The van der Waals surface area contributed by atoms with Crippen molar-refractivity contribution in [3.63, 3.8) is 0 Å². The molecule has 4 nitrogen and oxygen atoms in total. The Hall–Kier alpha value is -1.25. The lowest BCUT2D eigenvalue weighted by Gasteiger charge is -2.03. The Morgan fingerprint density at radius 3 is 2.64 bits per heavy atom. The van der Waals surface area contributed by atoms with E-state index in [-0.39, 0.29) is 5.57 Å². The van der Waals surface area contributed by atoms with Crippen molar-refractivity contribution in [2.75, 3.05) is 6.61 Å². The molecule has 0 aromatic carbocycles. The molecule has 0 saturated carbocycles. The molecule has 0 spiro atoms. The maximum atomic E-state index is 10.9. The van der Waals surface area contributed by atoms with Crippen molar-refractivity contribution in [3.05, 3.63) is 12.2 Å². The summed E-state index contributed by atoms with van der Waals surface area (Å²) < 4.78 is 0. The Kier molecular flexibility index (Phi) is 4.03. The highest BCUT2D eigenvalue weighted by molar-refractivity contribution is 5.98. The van der Waals surface area contributed by atoms with Crippen molar-refractivity contribution in [2.45, 2.75) is 13.0 Å². The van der Waals surface area contributed by atoms with Crippen LogP contribution in [0.1, 0.15) is 6.92 Å². The molecule has 60 valence electrons. The van der Waals surface area contributed by atoms with E-state index in [9.17, 15) is 9.59 Å². The summed E-state index contributed by atoms with van der Waals surface area (Å²) in [5, 5.41) is 8.54. The molecule has 0 aromatic heterocycles. The summed E-state index contributed by atoms with van der Waals surface area (Å²) in [5.74, 6) is -0.434. The number of carbonyl (C=O) groups excluding carboxylic acids is 2. The van der Waals surface area contributed by atoms with Crippen LogP contribution in [0.4, 0.5) is 0 Å². The summed E-state index contributed by atoms with van der Waals surface area (Å²) in [6.07, 6.45) is 1.21. The molecule has 0 amide bonds. The number of Topliss-reactive ketones (excluding diaryl/α,β-unsaturated/α-hetero) is 1. The van der Waals surface area contributed by atoms with Crippen LogP contribution < -0.4 is 0 Å². The van der Waals surface area contributed by atoms with Gasteiger partial charge in [-0.25, -0.2) is 4.79 Å². The second-order valence-corrected chi connectivity index (χ2v) is 2.06. The minimum atomic E-state index is -1.02. The SMILES string of the molecule is C=C(C)C(=O)C(CO)N=C=O. The van der Waals surface area contributed by atoms with Crippen LogP contribution in [-0.4, -0.2) is 29.6 Å². The Labute approximate surface area is 64.3 Å². The molecule has 0 aliphatic carbocycles. The van der Waals surface area contributed by atoms with Gasteiger partial charge in [-0.15, -0.1) is 0 Å². The van der Waals surface area contributed by atoms with E-state index in [1.165, 1.54) is 13.0 Å². The number of nitrogens with zero attached hydrogens (tertiary/aromatic N) is 1. The normalized spacial score (nSPS) is 11.5. The third-order valence-electron chi connectivity index (χ3n) is 1.10. The number of ketones is 1. The number of isocyanates is 1. The fourth-order valence-corrected chi connectivity index (χ4v) is 0.530. The van der Waals surface area contributed by atoms with Gasteiger partial charge in [-0.3, -0.25) is 4.79 Å². The average molecular weight is 155 g/mol. The molecule has 0 radical (unpaired) electrons. The van der Waals surface area contributed by atoms with E-state index in [1.54, 1.807) is 0 Å². The Morgan fingerprint density at radius 1 is 1.82 bits per heavy atom. The van der Waals surface area contributed by atoms with Crippen molar-refractivity contribution in [1.29, 1.82) is 0 Å². The average Bonchev–Trinajstić information content (AvgIpc) is 1.98. The van der Waals surface area contributed by atoms with Crippen molar-refractivity contribution in [2.24, 2.45) is 4.99 Å². The maximum Gasteiger partial charge on any atom is 0.235 e. The maximum absolute atomic E-state index is 10.9. The highest BCUT2D eigenvalue weighted by atomic mass is 16.3. The quantitative estimate of drug-likeness (QED) is 0.348. The molecule has 0 heterocycles. The fourth-order valence-electron chi connectivity index (χ4n) is 0.530. The van der Waals surface area contributed by atoms with Gasteiger partial charge in [0.25, 0.3) is 0 Å².